The van der Waals surface area contributed by atoms with E-state index in [9.17, 15) is 8.42 Å². The van der Waals surface area contributed by atoms with Gasteiger partial charge >= 0.3 is 0 Å². The van der Waals surface area contributed by atoms with Gasteiger partial charge in [0.2, 0.25) is 9.84 Å². The third-order valence-electron chi connectivity index (χ3n) is 4.76. The lowest BCUT2D eigenvalue weighted by molar-refractivity contribution is 0.0554. The van der Waals surface area contributed by atoms with Crippen LogP contribution in [0.1, 0.15) is 12.0 Å². The van der Waals surface area contributed by atoms with Gasteiger partial charge in [0.1, 0.15) is 0 Å². The number of sulfone groups is 1. The topological polar surface area (TPSA) is 52.6 Å². The number of benzene rings is 2. The highest BCUT2D eigenvalue weighted by Crippen LogP contribution is 2.42. The maximum Gasteiger partial charge on any atom is 0.205 e. The molecule has 0 spiro atoms. The molecule has 2 aromatic rings. The molecule has 0 N–H and O–H groups in total. The Bertz CT molecular complexity index is 859. The van der Waals surface area contributed by atoms with E-state index in [0.717, 1.165) is 5.56 Å². The van der Waals surface area contributed by atoms with Crippen LogP contribution in [0.5, 0.6) is 0 Å². The molecule has 0 radical (unpaired) electrons. The average molecular weight is 356 g/mol. The normalized spacial score (nSPS) is 25.1. The Kier molecular flexibility index (Phi) is 4.46. The van der Waals surface area contributed by atoms with Gasteiger partial charge in [-0.15, -0.1) is 0 Å². The molecule has 130 valence electrons. The Labute approximate surface area is 148 Å². The van der Waals surface area contributed by atoms with Crippen LogP contribution in [-0.2, 0) is 25.9 Å². The van der Waals surface area contributed by atoms with Gasteiger partial charge in [-0.25, -0.2) is 8.42 Å². The Balaban J connectivity index is 1.40. The molecule has 0 saturated carbocycles. The van der Waals surface area contributed by atoms with Crippen LogP contribution in [0, 0.1) is 5.92 Å². The number of rotatable bonds is 6. The molecule has 0 aromatic heterocycles. The van der Waals surface area contributed by atoms with E-state index in [-0.39, 0.29) is 18.1 Å². The number of fused-ring (bicyclic) bond motifs is 2. The van der Waals surface area contributed by atoms with Gasteiger partial charge in [0.15, 0.2) is 0 Å². The van der Waals surface area contributed by atoms with E-state index in [0.29, 0.717) is 29.4 Å². The Morgan fingerprint density at radius 3 is 2.32 bits per heavy atom. The second kappa shape index (κ2) is 6.75. The quantitative estimate of drug-likeness (QED) is 0.796. The summed E-state index contributed by atoms with van der Waals surface area (Å²) in [5.74, 6) is 0.212. The molecule has 3 atom stereocenters. The predicted octanol–water partition coefficient (Wildman–Crippen LogP) is 3.35. The maximum atomic E-state index is 12.8. The summed E-state index contributed by atoms with van der Waals surface area (Å²) in [7, 11) is -3.46. The van der Waals surface area contributed by atoms with Crippen molar-refractivity contribution in [3.8, 4) is 0 Å². The summed E-state index contributed by atoms with van der Waals surface area (Å²) in [5.41, 5.74) is 1.13. The molecule has 2 bridgehead atoms. The highest BCUT2D eigenvalue weighted by molar-refractivity contribution is 7.95. The van der Waals surface area contributed by atoms with Gasteiger partial charge in [-0.3, -0.25) is 0 Å². The van der Waals surface area contributed by atoms with E-state index in [1.54, 1.807) is 30.3 Å². The van der Waals surface area contributed by atoms with E-state index in [2.05, 4.69) is 0 Å². The van der Waals surface area contributed by atoms with Crippen LogP contribution >= 0.6 is 0 Å². The van der Waals surface area contributed by atoms with Gasteiger partial charge in [-0.1, -0.05) is 48.5 Å². The van der Waals surface area contributed by atoms with Crippen molar-refractivity contribution in [2.75, 3.05) is 6.61 Å². The van der Waals surface area contributed by atoms with E-state index in [1.807, 2.05) is 36.4 Å². The average Bonchev–Trinajstić information content (AvgIpc) is 3.24. The molecule has 1 fully saturated rings. The minimum absolute atomic E-state index is 0.172. The highest BCUT2D eigenvalue weighted by atomic mass is 32.2. The van der Waals surface area contributed by atoms with Crippen molar-refractivity contribution >= 4 is 9.84 Å². The summed E-state index contributed by atoms with van der Waals surface area (Å²) >= 11 is 0. The summed E-state index contributed by atoms with van der Waals surface area (Å²) in [6, 6.07) is 18.6. The Morgan fingerprint density at radius 1 is 1.00 bits per heavy atom. The van der Waals surface area contributed by atoms with E-state index >= 15 is 0 Å². The first kappa shape index (κ1) is 16.5. The largest absolute Gasteiger partial charge is 0.376 e. The molecule has 25 heavy (non-hydrogen) atoms. The summed E-state index contributed by atoms with van der Waals surface area (Å²) < 4.78 is 37.2. The minimum Gasteiger partial charge on any atom is -0.376 e. The molecular formula is C20H20O4S. The fraction of sp³-hybridized carbons (Fsp3) is 0.300. The van der Waals surface area contributed by atoms with Crippen LogP contribution in [0.25, 0.3) is 0 Å². The predicted molar refractivity (Wildman–Crippen MR) is 94.6 cm³/mol. The summed E-state index contributed by atoms with van der Waals surface area (Å²) in [6.07, 6.45) is 1.94. The van der Waals surface area contributed by atoms with E-state index in [4.69, 9.17) is 9.47 Å². The number of hydrogen-bond donors (Lipinski definition) is 0. The van der Waals surface area contributed by atoms with Gasteiger partial charge in [-0.2, -0.15) is 0 Å². The van der Waals surface area contributed by atoms with Crippen LogP contribution in [0.15, 0.2) is 76.5 Å². The lowest BCUT2D eigenvalue weighted by Crippen LogP contribution is -2.22. The summed E-state index contributed by atoms with van der Waals surface area (Å²) in [4.78, 5) is 0.734. The monoisotopic (exact) mass is 356 g/mol. The molecule has 2 aromatic carbocycles. The first-order valence-corrected chi connectivity index (χ1v) is 9.92. The molecule has 2 aliphatic heterocycles. The van der Waals surface area contributed by atoms with Crippen LogP contribution < -0.4 is 0 Å². The molecule has 2 heterocycles. The fourth-order valence-electron chi connectivity index (χ4n) is 3.46. The SMILES string of the molecule is O=S(=O)(C1=C[C@@H]2O[C@H]1C[C@@H]2COCc1ccccc1)c1ccccc1. The van der Waals surface area contributed by atoms with Crippen molar-refractivity contribution in [2.24, 2.45) is 5.92 Å². The van der Waals surface area contributed by atoms with Crippen molar-refractivity contribution in [1.82, 2.24) is 0 Å². The highest BCUT2D eigenvalue weighted by Gasteiger charge is 2.46. The van der Waals surface area contributed by atoms with Gasteiger partial charge in [0.25, 0.3) is 0 Å². The van der Waals surface area contributed by atoms with Crippen LogP contribution in [-0.4, -0.2) is 27.2 Å². The van der Waals surface area contributed by atoms with E-state index < -0.39 is 9.84 Å². The lowest BCUT2D eigenvalue weighted by atomic mass is 9.95. The first-order valence-electron chi connectivity index (χ1n) is 8.43. The molecule has 0 unspecified atom stereocenters. The van der Waals surface area contributed by atoms with E-state index in [1.165, 1.54) is 0 Å². The second-order valence-corrected chi connectivity index (χ2v) is 8.42. The van der Waals surface area contributed by atoms with Crippen molar-refractivity contribution in [1.29, 1.82) is 0 Å². The van der Waals surface area contributed by atoms with Crippen LogP contribution in [0.3, 0.4) is 0 Å². The van der Waals surface area contributed by atoms with Crippen molar-refractivity contribution in [2.45, 2.75) is 30.1 Å². The lowest BCUT2D eigenvalue weighted by Gasteiger charge is -2.18. The molecule has 1 saturated heterocycles. The Morgan fingerprint density at radius 2 is 1.68 bits per heavy atom. The molecule has 4 rings (SSSR count). The summed E-state index contributed by atoms with van der Waals surface area (Å²) in [5, 5.41) is 0. The number of hydrogen-bond acceptors (Lipinski definition) is 4. The van der Waals surface area contributed by atoms with Gasteiger partial charge in [-0.05, 0) is 30.2 Å². The number of ether oxygens (including phenoxy) is 2. The van der Waals surface area contributed by atoms with Crippen molar-refractivity contribution in [3.05, 3.63) is 77.2 Å². The molecule has 4 nitrogen and oxygen atoms in total. The summed E-state index contributed by atoms with van der Waals surface area (Å²) in [6.45, 7) is 1.14. The molecule has 0 amide bonds. The molecule has 0 aliphatic carbocycles. The van der Waals surface area contributed by atoms with Gasteiger partial charge in [0, 0.05) is 5.92 Å². The minimum atomic E-state index is -3.46. The third-order valence-corrected chi connectivity index (χ3v) is 6.67. The van der Waals surface area contributed by atoms with Gasteiger partial charge < -0.3 is 9.47 Å². The molecule has 5 heteroatoms. The van der Waals surface area contributed by atoms with Crippen molar-refractivity contribution < 1.29 is 17.9 Å². The van der Waals surface area contributed by atoms with Crippen molar-refractivity contribution in [3.63, 3.8) is 0 Å². The molecular weight excluding hydrogens is 336 g/mol. The zero-order chi connectivity index (χ0) is 17.3. The maximum absolute atomic E-state index is 12.8. The van der Waals surface area contributed by atoms with Gasteiger partial charge in [0.05, 0.1) is 35.2 Å². The fourth-order valence-corrected chi connectivity index (χ4v) is 5.06. The van der Waals surface area contributed by atoms with Crippen LogP contribution in [0.4, 0.5) is 0 Å². The zero-order valence-corrected chi connectivity index (χ0v) is 14.6. The Hall–Kier alpha value is -1.95. The zero-order valence-electron chi connectivity index (χ0n) is 13.7. The van der Waals surface area contributed by atoms with Crippen LogP contribution in [0.2, 0.25) is 0 Å². The third kappa shape index (κ3) is 3.27. The molecule has 2 aliphatic rings. The smallest absolute Gasteiger partial charge is 0.205 e. The standard InChI is InChI=1S/C20H20O4S/c21-25(22,17-9-5-2-6-10-17)20-12-18-16(11-19(20)24-18)14-23-13-15-7-3-1-4-8-15/h1-10,12,16,18-19H,11,13-14H2/t16-,18+,19+/m1/s1. The second-order valence-electron chi connectivity index (χ2n) is 6.47. The first-order chi connectivity index (χ1) is 12.1.